The second-order valence-electron chi connectivity index (χ2n) is 3.50. The van der Waals surface area contributed by atoms with Crippen LogP contribution in [0.4, 0.5) is 0 Å². The molecule has 0 amide bonds. The van der Waals surface area contributed by atoms with Crippen molar-refractivity contribution in [2.24, 2.45) is 0 Å². The van der Waals surface area contributed by atoms with Crippen LogP contribution >= 0.6 is 10.3 Å². The van der Waals surface area contributed by atoms with Gasteiger partial charge in [0.15, 0.2) is 0 Å². The first kappa shape index (κ1) is 10.5. The Hall–Kier alpha value is -0.540. The maximum Gasteiger partial charge on any atom is 0.0415 e. The van der Waals surface area contributed by atoms with E-state index in [0.717, 1.165) is 17.0 Å². The van der Waals surface area contributed by atoms with Gasteiger partial charge in [0.05, 0.1) is 0 Å². The van der Waals surface area contributed by atoms with Gasteiger partial charge in [-0.2, -0.15) is 0 Å². The first-order chi connectivity index (χ1) is 5.96. The molecule has 0 aromatic carbocycles. The average Bonchev–Trinajstić information content (AvgIpc) is 2.02. The molecular weight excluding hydrogens is 182 g/mol. The molecular formula is C10H17NOS. The number of pyridine rings is 1. The highest BCUT2D eigenvalue weighted by atomic mass is 32.3. The van der Waals surface area contributed by atoms with Crippen LogP contribution in [0.1, 0.15) is 18.2 Å². The van der Waals surface area contributed by atoms with Crippen molar-refractivity contribution in [2.45, 2.75) is 25.2 Å². The van der Waals surface area contributed by atoms with Crippen molar-refractivity contribution in [3.8, 4) is 0 Å². The van der Waals surface area contributed by atoms with Crippen molar-refractivity contribution in [1.29, 1.82) is 0 Å². The molecule has 0 aliphatic carbocycles. The van der Waals surface area contributed by atoms with Crippen molar-refractivity contribution in [2.75, 3.05) is 12.5 Å². The summed E-state index contributed by atoms with van der Waals surface area (Å²) in [4.78, 5) is 5.30. The topological polar surface area (TPSA) is 33.1 Å². The van der Waals surface area contributed by atoms with Gasteiger partial charge in [0, 0.05) is 16.8 Å². The SMILES string of the molecule is CCc1c(S(C)(C)O)ccnc1C. The zero-order valence-electron chi connectivity index (χ0n) is 8.66. The molecule has 0 saturated carbocycles. The van der Waals surface area contributed by atoms with E-state index in [9.17, 15) is 4.55 Å². The molecule has 0 aliphatic heterocycles. The van der Waals surface area contributed by atoms with Crippen LogP contribution in [-0.4, -0.2) is 22.0 Å². The van der Waals surface area contributed by atoms with E-state index >= 15 is 0 Å². The van der Waals surface area contributed by atoms with Gasteiger partial charge in [0.1, 0.15) is 0 Å². The Morgan fingerprint density at radius 1 is 1.46 bits per heavy atom. The van der Waals surface area contributed by atoms with Crippen LogP contribution in [0, 0.1) is 6.92 Å². The van der Waals surface area contributed by atoms with E-state index in [0.29, 0.717) is 0 Å². The molecule has 1 rings (SSSR count). The number of hydrogen-bond donors (Lipinski definition) is 1. The van der Waals surface area contributed by atoms with Gasteiger partial charge in [-0.1, -0.05) is 6.92 Å². The third-order valence-corrected chi connectivity index (χ3v) is 3.58. The number of nitrogens with zero attached hydrogens (tertiary/aromatic N) is 1. The summed E-state index contributed by atoms with van der Waals surface area (Å²) in [5.74, 6) is 0. The van der Waals surface area contributed by atoms with Crippen molar-refractivity contribution in [1.82, 2.24) is 4.98 Å². The van der Waals surface area contributed by atoms with Gasteiger partial charge in [0.25, 0.3) is 0 Å². The summed E-state index contributed by atoms with van der Waals surface area (Å²) in [7, 11) is -1.61. The van der Waals surface area contributed by atoms with Gasteiger partial charge in [-0.15, -0.1) is 10.3 Å². The van der Waals surface area contributed by atoms with E-state index in [1.807, 2.05) is 25.5 Å². The second-order valence-corrected chi connectivity index (χ2v) is 6.49. The molecule has 0 atom stereocenters. The van der Waals surface area contributed by atoms with Gasteiger partial charge in [-0.25, -0.2) is 0 Å². The third kappa shape index (κ3) is 2.23. The fourth-order valence-electron chi connectivity index (χ4n) is 1.47. The largest absolute Gasteiger partial charge is 0.348 e. The number of rotatable bonds is 2. The van der Waals surface area contributed by atoms with Crippen molar-refractivity contribution >= 4 is 10.3 Å². The first-order valence-corrected chi connectivity index (χ1v) is 6.77. The van der Waals surface area contributed by atoms with Crippen molar-refractivity contribution in [3.05, 3.63) is 23.5 Å². The maximum atomic E-state index is 9.98. The lowest BCUT2D eigenvalue weighted by Gasteiger charge is -2.27. The van der Waals surface area contributed by atoms with Crippen LogP contribution < -0.4 is 0 Å². The van der Waals surface area contributed by atoms with Crippen molar-refractivity contribution in [3.63, 3.8) is 0 Å². The molecule has 1 heterocycles. The number of hydrogen-bond acceptors (Lipinski definition) is 2. The summed E-state index contributed by atoms with van der Waals surface area (Å²) in [6.45, 7) is 4.09. The summed E-state index contributed by atoms with van der Waals surface area (Å²) < 4.78 is 9.98. The lowest BCUT2D eigenvalue weighted by Crippen LogP contribution is -2.02. The zero-order valence-corrected chi connectivity index (χ0v) is 9.48. The standard InChI is InChI=1S/C10H17NOS/c1-5-9-8(2)11-7-6-10(9)13(3,4)12/h6-7,12H,5H2,1-4H3. The van der Waals surface area contributed by atoms with Gasteiger partial charge in [-0.05, 0) is 37.5 Å². The van der Waals surface area contributed by atoms with Crippen molar-refractivity contribution < 1.29 is 4.55 Å². The van der Waals surface area contributed by atoms with Gasteiger partial charge in [0.2, 0.25) is 0 Å². The van der Waals surface area contributed by atoms with Gasteiger partial charge in [-0.3, -0.25) is 4.98 Å². The maximum absolute atomic E-state index is 9.98. The van der Waals surface area contributed by atoms with Crippen LogP contribution in [0.3, 0.4) is 0 Å². The Kier molecular flexibility index (Phi) is 2.98. The molecule has 2 nitrogen and oxygen atoms in total. The minimum Gasteiger partial charge on any atom is -0.348 e. The quantitative estimate of drug-likeness (QED) is 0.794. The monoisotopic (exact) mass is 199 g/mol. The summed E-state index contributed by atoms with van der Waals surface area (Å²) in [6.07, 6.45) is 6.49. The van der Waals surface area contributed by atoms with E-state index in [1.165, 1.54) is 5.56 Å². The molecule has 0 fully saturated rings. The predicted octanol–water partition coefficient (Wildman–Crippen LogP) is 2.85. The van der Waals surface area contributed by atoms with Crippen LogP contribution in [0.15, 0.2) is 17.2 Å². The molecule has 0 spiro atoms. The molecule has 1 N–H and O–H groups in total. The highest BCUT2D eigenvalue weighted by Gasteiger charge is 2.15. The molecule has 0 saturated heterocycles. The Bertz CT molecular complexity index is 304. The van der Waals surface area contributed by atoms with E-state index in [2.05, 4.69) is 11.9 Å². The van der Waals surface area contributed by atoms with E-state index in [-0.39, 0.29) is 0 Å². The van der Waals surface area contributed by atoms with Gasteiger partial charge < -0.3 is 4.55 Å². The Morgan fingerprint density at radius 2 is 2.08 bits per heavy atom. The Morgan fingerprint density at radius 3 is 2.46 bits per heavy atom. The molecule has 1 aromatic heterocycles. The lowest BCUT2D eigenvalue weighted by molar-refractivity contribution is 0.635. The molecule has 0 radical (unpaired) electrons. The lowest BCUT2D eigenvalue weighted by atomic mass is 10.1. The van der Waals surface area contributed by atoms with E-state index in [1.54, 1.807) is 6.20 Å². The summed E-state index contributed by atoms with van der Waals surface area (Å²) >= 11 is 0. The molecule has 13 heavy (non-hydrogen) atoms. The second kappa shape index (κ2) is 3.68. The fraction of sp³-hybridized carbons (Fsp3) is 0.500. The van der Waals surface area contributed by atoms with Crippen LogP contribution in [0.2, 0.25) is 0 Å². The number of aryl methyl sites for hydroxylation is 1. The summed E-state index contributed by atoms with van der Waals surface area (Å²) in [5.41, 5.74) is 2.24. The smallest absolute Gasteiger partial charge is 0.0415 e. The summed E-state index contributed by atoms with van der Waals surface area (Å²) in [6, 6.07) is 1.93. The molecule has 3 heteroatoms. The highest BCUT2D eigenvalue weighted by Crippen LogP contribution is 2.46. The summed E-state index contributed by atoms with van der Waals surface area (Å²) in [5, 5.41) is 0. The third-order valence-electron chi connectivity index (χ3n) is 2.12. The average molecular weight is 199 g/mol. The van der Waals surface area contributed by atoms with E-state index < -0.39 is 10.3 Å². The number of aromatic nitrogens is 1. The normalized spacial score (nSPS) is 13.0. The molecule has 0 aliphatic rings. The molecule has 0 unspecified atom stereocenters. The van der Waals surface area contributed by atoms with Crippen LogP contribution in [0.25, 0.3) is 0 Å². The molecule has 1 aromatic rings. The minimum absolute atomic E-state index is 0.937. The predicted molar refractivity (Wildman–Crippen MR) is 58.7 cm³/mol. The Balaban J connectivity index is 3.29. The fourth-order valence-corrected chi connectivity index (χ4v) is 2.76. The molecule has 74 valence electrons. The van der Waals surface area contributed by atoms with Crippen LogP contribution in [-0.2, 0) is 6.42 Å². The first-order valence-electron chi connectivity index (χ1n) is 4.37. The highest BCUT2D eigenvalue weighted by molar-refractivity contribution is 8.28. The molecule has 0 bridgehead atoms. The van der Waals surface area contributed by atoms with E-state index in [4.69, 9.17) is 0 Å². The van der Waals surface area contributed by atoms with Crippen LogP contribution in [0.5, 0.6) is 0 Å². The van der Waals surface area contributed by atoms with Gasteiger partial charge >= 0.3 is 0 Å². The Labute approximate surface area is 81.5 Å². The minimum atomic E-state index is -1.61. The zero-order chi connectivity index (χ0) is 10.1.